The van der Waals surface area contributed by atoms with E-state index in [2.05, 4.69) is 4.98 Å². The predicted octanol–water partition coefficient (Wildman–Crippen LogP) is 2.33. The molecule has 0 amide bonds. The van der Waals surface area contributed by atoms with Crippen molar-refractivity contribution in [2.24, 2.45) is 5.41 Å². The van der Waals surface area contributed by atoms with Crippen LogP contribution < -0.4 is 0 Å². The van der Waals surface area contributed by atoms with E-state index in [9.17, 15) is 4.79 Å². The van der Waals surface area contributed by atoms with Gasteiger partial charge in [-0.05, 0) is 12.8 Å². The lowest BCUT2D eigenvalue weighted by atomic mass is 9.80. The number of nitrogens with zero attached hydrogens (tertiary/aromatic N) is 1. The number of ether oxygens (including phenoxy) is 1. The van der Waals surface area contributed by atoms with Gasteiger partial charge in [-0.3, -0.25) is 0 Å². The third-order valence-electron chi connectivity index (χ3n) is 2.66. The minimum absolute atomic E-state index is 0.379. The second kappa shape index (κ2) is 4.60. The van der Waals surface area contributed by atoms with E-state index >= 15 is 0 Å². The first kappa shape index (κ1) is 11.0. The van der Waals surface area contributed by atoms with Gasteiger partial charge in [0, 0.05) is 18.4 Å². The van der Waals surface area contributed by atoms with Crippen LogP contribution in [-0.2, 0) is 16.0 Å². The molecule has 1 aliphatic heterocycles. The van der Waals surface area contributed by atoms with Gasteiger partial charge in [0.05, 0.1) is 17.7 Å². The van der Waals surface area contributed by atoms with Crippen molar-refractivity contribution >= 4 is 29.2 Å². The van der Waals surface area contributed by atoms with E-state index in [1.807, 2.05) is 5.38 Å². The van der Waals surface area contributed by atoms with Gasteiger partial charge in [0.15, 0.2) is 4.47 Å². The summed E-state index contributed by atoms with van der Waals surface area (Å²) in [5.74, 6) is 0. The lowest BCUT2D eigenvalue weighted by Crippen LogP contribution is -2.35. The average molecular weight is 246 g/mol. The molecular weight excluding hydrogens is 234 g/mol. The maximum Gasteiger partial charge on any atom is 0.183 e. The van der Waals surface area contributed by atoms with Gasteiger partial charge in [-0.2, -0.15) is 0 Å². The SMILES string of the molecule is O=CC1(Cc2csc(Cl)n2)CCCOC1. The van der Waals surface area contributed by atoms with E-state index in [0.717, 1.165) is 31.4 Å². The molecule has 0 spiro atoms. The minimum atomic E-state index is -0.379. The maximum absolute atomic E-state index is 11.2. The van der Waals surface area contributed by atoms with Gasteiger partial charge in [-0.15, -0.1) is 11.3 Å². The van der Waals surface area contributed by atoms with Crippen molar-refractivity contribution in [2.75, 3.05) is 13.2 Å². The Hall–Kier alpha value is -0.450. The molecular formula is C10H12ClNO2S. The first-order valence-electron chi connectivity index (χ1n) is 4.88. The summed E-state index contributed by atoms with van der Waals surface area (Å²) >= 11 is 7.15. The van der Waals surface area contributed by atoms with Crippen LogP contribution in [0.4, 0.5) is 0 Å². The first-order chi connectivity index (χ1) is 7.24. The summed E-state index contributed by atoms with van der Waals surface area (Å²) in [6, 6.07) is 0. The second-order valence-electron chi connectivity index (χ2n) is 3.90. The molecule has 1 fully saturated rings. The molecule has 1 aromatic heterocycles. The van der Waals surface area contributed by atoms with Crippen molar-refractivity contribution in [2.45, 2.75) is 19.3 Å². The predicted molar refractivity (Wildman–Crippen MR) is 59.4 cm³/mol. The van der Waals surface area contributed by atoms with Crippen LogP contribution in [0.1, 0.15) is 18.5 Å². The summed E-state index contributed by atoms with van der Waals surface area (Å²) in [6.07, 6.45) is 3.47. The summed E-state index contributed by atoms with van der Waals surface area (Å²) in [6.45, 7) is 1.26. The fourth-order valence-corrected chi connectivity index (χ4v) is 2.65. The Bertz CT molecular complexity index is 347. The molecule has 0 radical (unpaired) electrons. The zero-order chi connectivity index (χ0) is 10.7. The maximum atomic E-state index is 11.2. The minimum Gasteiger partial charge on any atom is -0.380 e. The van der Waals surface area contributed by atoms with Gasteiger partial charge in [0.1, 0.15) is 6.29 Å². The highest BCUT2D eigenvalue weighted by molar-refractivity contribution is 7.13. The van der Waals surface area contributed by atoms with Crippen molar-refractivity contribution in [1.82, 2.24) is 4.98 Å². The van der Waals surface area contributed by atoms with Crippen LogP contribution in [0.15, 0.2) is 5.38 Å². The zero-order valence-electron chi connectivity index (χ0n) is 8.24. The molecule has 1 atom stereocenters. The largest absolute Gasteiger partial charge is 0.380 e. The Kier molecular flexibility index (Phi) is 3.38. The van der Waals surface area contributed by atoms with E-state index < -0.39 is 0 Å². The molecule has 3 nitrogen and oxygen atoms in total. The quantitative estimate of drug-likeness (QED) is 0.768. The molecule has 15 heavy (non-hydrogen) atoms. The molecule has 0 aliphatic carbocycles. The molecule has 1 aliphatic rings. The summed E-state index contributed by atoms with van der Waals surface area (Å²) in [5.41, 5.74) is 0.512. The fourth-order valence-electron chi connectivity index (χ4n) is 1.87. The molecule has 5 heteroatoms. The standard InChI is InChI=1S/C10H12ClNO2S/c11-9-12-8(5-15-9)4-10(6-13)2-1-3-14-7-10/h5-6H,1-4,7H2. The van der Waals surface area contributed by atoms with Gasteiger partial charge in [0.2, 0.25) is 0 Å². The molecule has 2 rings (SSSR count). The summed E-state index contributed by atoms with van der Waals surface area (Å²) in [5, 5.41) is 1.90. The molecule has 0 aromatic carbocycles. The molecule has 2 heterocycles. The highest BCUT2D eigenvalue weighted by atomic mass is 35.5. The lowest BCUT2D eigenvalue weighted by molar-refractivity contribution is -0.123. The van der Waals surface area contributed by atoms with Crippen LogP contribution >= 0.6 is 22.9 Å². The molecule has 1 aromatic rings. The van der Waals surface area contributed by atoms with Crippen LogP contribution in [0.5, 0.6) is 0 Å². The third kappa shape index (κ3) is 2.56. The van der Waals surface area contributed by atoms with Crippen LogP contribution in [0.3, 0.4) is 0 Å². The van der Waals surface area contributed by atoms with Gasteiger partial charge in [0.25, 0.3) is 0 Å². The molecule has 82 valence electrons. The smallest absolute Gasteiger partial charge is 0.183 e. The Labute approximate surface area is 97.4 Å². The van der Waals surface area contributed by atoms with Crippen LogP contribution in [0.2, 0.25) is 4.47 Å². The number of aldehydes is 1. The highest BCUT2D eigenvalue weighted by Gasteiger charge is 2.33. The first-order valence-corrected chi connectivity index (χ1v) is 6.14. The Morgan fingerprint density at radius 2 is 2.60 bits per heavy atom. The van der Waals surface area contributed by atoms with E-state index in [1.165, 1.54) is 11.3 Å². The van der Waals surface area contributed by atoms with Crippen LogP contribution in [-0.4, -0.2) is 24.5 Å². The van der Waals surface area contributed by atoms with Crippen molar-refractivity contribution in [1.29, 1.82) is 0 Å². The lowest BCUT2D eigenvalue weighted by Gasteiger charge is -2.31. The number of thiazole rings is 1. The van der Waals surface area contributed by atoms with Gasteiger partial charge in [-0.1, -0.05) is 11.6 Å². The van der Waals surface area contributed by atoms with Gasteiger partial charge in [-0.25, -0.2) is 4.98 Å². The average Bonchev–Trinajstić information content (AvgIpc) is 2.65. The number of aromatic nitrogens is 1. The Morgan fingerprint density at radius 1 is 1.73 bits per heavy atom. The normalized spacial score (nSPS) is 26.5. The summed E-state index contributed by atoms with van der Waals surface area (Å²) in [4.78, 5) is 15.3. The van der Waals surface area contributed by atoms with Gasteiger partial charge < -0.3 is 9.53 Å². The molecule has 0 saturated carbocycles. The molecule has 0 bridgehead atoms. The number of hydrogen-bond acceptors (Lipinski definition) is 4. The Balaban J connectivity index is 2.10. The van der Waals surface area contributed by atoms with E-state index in [-0.39, 0.29) is 5.41 Å². The number of rotatable bonds is 3. The molecule has 0 N–H and O–H groups in total. The molecule has 1 unspecified atom stereocenters. The monoisotopic (exact) mass is 245 g/mol. The van der Waals surface area contributed by atoms with Crippen LogP contribution in [0.25, 0.3) is 0 Å². The van der Waals surface area contributed by atoms with E-state index in [4.69, 9.17) is 16.3 Å². The van der Waals surface area contributed by atoms with Crippen molar-refractivity contribution in [3.8, 4) is 0 Å². The summed E-state index contributed by atoms with van der Waals surface area (Å²) in [7, 11) is 0. The van der Waals surface area contributed by atoms with Crippen LogP contribution in [0, 0.1) is 5.41 Å². The van der Waals surface area contributed by atoms with Crippen molar-refractivity contribution in [3.63, 3.8) is 0 Å². The molecule has 1 saturated heterocycles. The number of halogens is 1. The van der Waals surface area contributed by atoms with E-state index in [1.54, 1.807) is 0 Å². The number of hydrogen-bond donors (Lipinski definition) is 0. The third-order valence-corrected chi connectivity index (χ3v) is 3.69. The van der Waals surface area contributed by atoms with Crippen molar-refractivity contribution < 1.29 is 9.53 Å². The van der Waals surface area contributed by atoms with E-state index in [0.29, 0.717) is 17.5 Å². The second-order valence-corrected chi connectivity index (χ2v) is 5.35. The fraction of sp³-hybridized carbons (Fsp3) is 0.600. The van der Waals surface area contributed by atoms with Gasteiger partial charge >= 0.3 is 0 Å². The summed E-state index contributed by atoms with van der Waals surface area (Å²) < 4.78 is 5.90. The Morgan fingerprint density at radius 3 is 3.13 bits per heavy atom. The highest BCUT2D eigenvalue weighted by Crippen LogP contribution is 2.31. The van der Waals surface area contributed by atoms with Crippen molar-refractivity contribution in [3.05, 3.63) is 15.5 Å². The number of carbonyl (C=O) groups is 1. The topological polar surface area (TPSA) is 39.2 Å². The zero-order valence-corrected chi connectivity index (χ0v) is 9.81. The number of carbonyl (C=O) groups excluding carboxylic acids is 1.